The normalized spacial score (nSPS) is 29.2. The van der Waals surface area contributed by atoms with Crippen LogP contribution in [0.25, 0.3) is 0 Å². The number of hydrogen-bond acceptors (Lipinski definition) is 5. The maximum atomic E-state index is 11.3. The Kier molecular flexibility index (Phi) is 4.23. The fraction of sp³-hybridized carbons (Fsp3) is 1.00. The molecule has 1 aliphatic heterocycles. The van der Waals surface area contributed by atoms with Crippen molar-refractivity contribution in [3.05, 3.63) is 0 Å². The van der Waals surface area contributed by atoms with E-state index >= 15 is 0 Å². The van der Waals surface area contributed by atoms with E-state index in [1.165, 1.54) is 0 Å². The summed E-state index contributed by atoms with van der Waals surface area (Å²) < 4.78 is 51.6. The Morgan fingerprint density at radius 1 is 1.38 bits per heavy atom. The molecule has 0 aromatic rings. The fourth-order valence-corrected chi connectivity index (χ4v) is 3.99. The zero-order valence-electron chi connectivity index (χ0n) is 8.63. The largest absolute Gasteiger partial charge is 0.316 e. The highest BCUT2D eigenvalue weighted by Gasteiger charge is 2.39. The van der Waals surface area contributed by atoms with Crippen molar-refractivity contribution in [2.24, 2.45) is 11.8 Å². The van der Waals surface area contributed by atoms with Crippen molar-refractivity contribution >= 4 is 31.6 Å². The summed E-state index contributed by atoms with van der Waals surface area (Å²) in [6, 6.07) is 0. The maximum Gasteiger partial charge on any atom is 0.265 e. The summed E-state index contributed by atoms with van der Waals surface area (Å²) in [6.07, 6.45) is 1.01. The first-order valence-electron chi connectivity index (χ1n) is 4.60. The van der Waals surface area contributed by atoms with Crippen LogP contribution in [-0.2, 0) is 20.0 Å². The van der Waals surface area contributed by atoms with Gasteiger partial charge in [-0.1, -0.05) is 0 Å². The van der Waals surface area contributed by atoms with Crippen LogP contribution < -0.4 is 5.32 Å². The summed E-state index contributed by atoms with van der Waals surface area (Å²) >= 11 is 5.78. The minimum Gasteiger partial charge on any atom is -0.316 e. The lowest BCUT2D eigenvalue weighted by atomic mass is 10.0. The smallest absolute Gasteiger partial charge is 0.265 e. The Morgan fingerprint density at radius 3 is 2.38 bits per heavy atom. The van der Waals surface area contributed by atoms with Crippen LogP contribution in [0.3, 0.4) is 0 Å². The standard InChI is InChI=1S/C7H14ClNO5S2/c1-15(10,11)7(8)6-3-9-2-5(6)4-16(12,13)14/h5-7,9H,2-4H2,1H3,(H,12,13,14). The highest BCUT2D eigenvalue weighted by atomic mass is 35.5. The molecule has 0 amide bonds. The summed E-state index contributed by atoms with van der Waals surface area (Å²) in [4.78, 5) is 0. The highest BCUT2D eigenvalue weighted by molar-refractivity contribution is 7.92. The predicted molar refractivity (Wildman–Crippen MR) is 60.8 cm³/mol. The van der Waals surface area contributed by atoms with Gasteiger partial charge in [-0.3, -0.25) is 4.55 Å². The van der Waals surface area contributed by atoms with Crippen molar-refractivity contribution in [1.82, 2.24) is 5.32 Å². The first-order chi connectivity index (χ1) is 7.11. The quantitative estimate of drug-likeness (QED) is 0.526. The third-order valence-electron chi connectivity index (χ3n) is 2.56. The molecule has 0 saturated carbocycles. The molecule has 1 heterocycles. The Hall–Kier alpha value is 0.110. The van der Waals surface area contributed by atoms with Gasteiger partial charge in [0.15, 0.2) is 9.84 Å². The fourth-order valence-electron chi connectivity index (χ4n) is 1.83. The molecule has 2 N–H and O–H groups in total. The van der Waals surface area contributed by atoms with Crippen LogP contribution in [0, 0.1) is 11.8 Å². The van der Waals surface area contributed by atoms with Gasteiger partial charge in [0, 0.05) is 18.7 Å². The van der Waals surface area contributed by atoms with Crippen LogP contribution in [0.1, 0.15) is 0 Å². The summed E-state index contributed by atoms with van der Waals surface area (Å²) in [5, 5.41) is 2.87. The van der Waals surface area contributed by atoms with E-state index in [1.807, 2.05) is 0 Å². The average molecular weight is 292 g/mol. The van der Waals surface area contributed by atoms with Crippen LogP contribution in [0.5, 0.6) is 0 Å². The van der Waals surface area contributed by atoms with E-state index in [4.69, 9.17) is 16.2 Å². The zero-order chi connectivity index (χ0) is 12.6. The lowest BCUT2D eigenvalue weighted by Gasteiger charge is -2.20. The third kappa shape index (κ3) is 3.85. The van der Waals surface area contributed by atoms with Gasteiger partial charge in [0.1, 0.15) is 4.71 Å². The van der Waals surface area contributed by atoms with Gasteiger partial charge in [-0.15, -0.1) is 11.6 Å². The molecule has 0 aromatic heterocycles. The van der Waals surface area contributed by atoms with E-state index in [2.05, 4.69) is 5.32 Å². The van der Waals surface area contributed by atoms with Gasteiger partial charge in [0.25, 0.3) is 10.1 Å². The van der Waals surface area contributed by atoms with Crippen LogP contribution in [0.4, 0.5) is 0 Å². The number of hydrogen-bond donors (Lipinski definition) is 2. The lowest BCUT2D eigenvalue weighted by molar-refractivity contribution is 0.431. The molecule has 16 heavy (non-hydrogen) atoms. The second-order valence-electron chi connectivity index (χ2n) is 4.01. The molecule has 1 saturated heterocycles. The van der Waals surface area contributed by atoms with Gasteiger partial charge in [-0.2, -0.15) is 8.42 Å². The van der Waals surface area contributed by atoms with Crippen molar-refractivity contribution in [2.75, 3.05) is 25.1 Å². The Morgan fingerprint density at radius 2 is 1.94 bits per heavy atom. The number of rotatable bonds is 4. The molecule has 1 rings (SSSR count). The zero-order valence-corrected chi connectivity index (χ0v) is 11.0. The molecule has 1 fully saturated rings. The van der Waals surface area contributed by atoms with Gasteiger partial charge in [-0.05, 0) is 12.5 Å². The van der Waals surface area contributed by atoms with Crippen molar-refractivity contribution in [2.45, 2.75) is 4.71 Å². The SMILES string of the molecule is CS(=O)(=O)C(Cl)C1CNCC1CS(=O)(=O)O. The van der Waals surface area contributed by atoms with E-state index < -0.39 is 42.3 Å². The van der Waals surface area contributed by atoms with Gasteiger partial charge < -0.3 is 5.32 Å². The summed E-state index contributed by atoms with van der Waals surface area (Å²) in [7, 11) is -7.54. The molecule has 0 aliphatic carbocycles. The van der Waals surface area contributed by atoms with Gasteiger partial charge >= 0.3 is 0 Å². The van der Waals surface area contributed by atoms with E-state index in [9.17, 15) is 16.8 Å². The third-order valence-corrected chi connectivity index (χ3v) is 5.87. The van der Waals surface area contributed by atoms with E-state index in [0.717, 1.165) is 6.26 Å². The predicted octanol–water partition coefficient (Wildman–Crippen LogP) is -0.681. The topological polar surface area (TPSA) is 101 Å². The monoisotopic (exact) mass is 291 g/mol. The first kappa shape index (κ1) is 14.2. The van der Waals surface area contributed by atoms with Crippen LogP contribution in [-0.4, -0.2) is 51.2 Å². The van der Waals surface area contributed by atoms with E-state index in [1.54, 1.807) is 0 Å². The molecule has 3 unspecified atom stereocenters. The van der Waals surface area contributed by atoms with Gasteiger partial charge in [-0.25, -0.2) is 8.42 Å². The van der Waals surface area contributed by atoms with Crippen molar-refractivity contribution < 1.29 is 21.4 Å². The second-order valence-corrected chi connectivity index (χ2v) is 8.40. The molecule has 0 bridgehead atoms. The number of nitrogens with one attached hydrogen (secondary N) is 1. The lowest BCUT2D eigenvalue weighted by Crippen LogP contribution is -2.32. The second kappa shape index (κ2) is 4.77. The number of sulfone groups is 1. The Bertz CT molecular complexity index is 445. The Balaban J connectivity index is 2.81. The molecule has 0 radical (unpaired) electrons. The summed E-state index contributed by atoms with van der Waals surface area (Å²) in [5.74, 6) is -1.45. The van der Waals surface area contributed by atoms with Gasteiger partial charge in [0.2, 0.25) is 0 Å². The van der Waals surface area contributed by atoms with Crippen molar-refractivity contribution in [3.8, 4) is 0 Å². The molecule has 1 aliphatic rings. The first-order valence-corrected chi connectivity index (χ1v) is 8.60. The molecular weight excluding hydrogens is 278 g/mol. The molecule has 9 heteroatoms. The molecule has 0 spiro atoms. The van der Waals surface area contributed by atoms with Gasteiger partial charge in [0.05, 0.1) is 5.75 Å². The van der Waals surface area contributed by atoms with Crippen LogP contribution >= 0.6 is 11.6 Å². The summed E-state index contributed by atoms with van der Waals surface area (Å²) in [6.45, 7) is 0.671. The highest BCUT2D eigenvalue weighted by Crippen LogP contribution is 2.28. The van der Waals surface area contributed by atoms with Crippen molar-refractivity contribution in [1.29, 1.82) is 0 Å². The average Bonchev–Trinajstić information content (AvgIpc) is 2.46. The Labute approximate surface area is 100 Å². The molecule has 96 valence electrons. The number of halogens is 1. The van der Waals surface area contributed by atoms with Crippen LogP contribution in [0.15, 0.2) is 0 Å². The minimum absolute atomic E-state index is 0.335. The maximum absolute atomic E-state index is 11.3. The molecular formula is C7H14ClNO5S2. The number of alkyl halides is 1. The van der Waals surface area contributed by atoms with E-state index in [-0.39, 0.29) is 0 Å². The molecule has 0 aromatic carbocycles. The molecule has 6 nitrogen and oxygen atoms in total. The molecule has 3 atom stereocenters. The minimum atomic E-state index is -4.11. The summed E-state index contributed by atoms with van der Waals surface area (Å²) in [5.41, 5.74) is 0. The van der Waals surface area contributed by atoms with Crippen LogP contribution in [0.2, 0.25) is 0 Å². The van der Waals surface area contributed by atoms with Crippen molar-refractivity contribution in [3.63, 3.8) is 0 Å². The van der Waals surface area contributed by atoms with E-state index in [0.29, 0.717) is 13.1 Å².